The van der Waals surface area contributed by atoms with Crippen molar-refractivity contribution in [3.8, 4) is 22.3 Å². The van der Waals surface area contributed by atoms with Crippen LogP contribution in [-0.2, 0) is 0 Å². The van der Waals surface area contributed by atoms with Gasteiger partial charge in [-0.1, -0.05) is 77.9 Å². The molecular formula is C21H20. The molecule has 0 nitrogen and oxygen atoms in total. The topological polar surface area (TPSA) is 0 Å². The first kappa shape index (κ1) is 13.6. The van der Waals surface area contributed by atoms with E-state index in [4.69, 9.17) is 0 Å². The van der Waals surface area contributed by atoms with Gasteiger partial charge in [0, 0.05) is 0 Å². The van der Waals surface area contributed by atoms with Crippen molar-refractivity contribution < 1.29 is 0 Å². The van der Waals surface area contributed by atoms with E-state index in [1.807, 2.05) is 0 Å². The Labute approximate surface area is 127 Å². The number of rotatable bonds is 2. The SMILES string of the molecule is Cc1ccc(-c2cccc(-c3ccc(C)cc3)c2C)cc1. The average molecular weight is 272 g/mol. The van der Waals surface area contributed by atoms with Gasteiger partial charge in [0.25, 0.3) is 0 Å². The highest BCUT2D eigenvalue weighted by Crippen LogP contribution is 2.31. The van der Waals surface area contributed by atoms with Crippen molar-refractivity contribution in [2.24, 2.45) is 0 Å². The molecule has 0 heterocycles. The summed E-state index contributed by atoms with van der Waals surface area (Å²) in [6, 6.07) is 24.1. The van der Waals surface area contributed by atoms with Gasteiger partial charge in [0.15, 0.2) is 0 Å². The van der Waals surface area contributed by atoms with E-state index in [0.717, 1.165) is 0 Å². The lowest BCUT2D eigenvalue weighted by atomic mass is 9.92. The lowest BCUT2D eigenvalue weighted by molar-refractivity contribution is 1.41. The van der Waals surface area contributed by atoms with Crippen LogP contribution in [0.3, 0.4) is 0 Å². The number of aryl methyl sites for hydroxylation is 2. The van der Waals surface area contributed by atoms with Crippen LogP contribution in [0.2, 0.25) is 0 Å². The zero-order chi connectivity index (χ0) is 14.8. The van der Waals surface area contributed by atoms with Gasteiger partial charge in [-0.05, 0) is 48.6 Å². The molecule has 0 radical (unpaired) electrons. The van der Waals surface area contributed by atoms with Gasteiger partial charge in [-0.15, -0.1) is 0 Å². The van der Waals surface area contributed by atoms with Gasteiger partial charge >= 0.3 is 0 Å². The molecule has 0 aliphatic rings. The van der Waals surface area contributed by atoms with E-state index in [9.17, 15) is 0 Å². The zero-order valence-electron chi connectivity index (χ0n) is 12.9. The van der Waals surface area contributed by atoms with E-state index in [0.29, 0.717) is 0 Å². The van der Waals surface area contributed by atoms with E-state index in [1.165, 1.54) is 38.9 Å². The van der Waals surface area contributed by atoms with Crippen LogP contribution in [0.4, 0.5) is 0 Å². The monoisotopic (exact) mass is 272 g/mol. The third-order valence-corrected chi connectivity index (χ3v) is 4.06. The average Bonchev–Trinajstić information content (AvgIpc) is 2.50. The van der Waals surface area contributed by atoms with Crippen molar-refractivity contribution in [2.45, 2.75) is 20.8 Å². The van der Waals surface area contributed by atoms with Crippen LogP contribution in [-0.4, -0.2) is 0 Å². The Bertz CT molecular complexity index is 683. The summed E-state index contributed by atoms with van der Waals surface area (Å²) >= 11 is 0. The predicted molar refractivity (Wildman–Crippen MR) is 91.5 cm³/mol. The quantitative estimate of drug-likeness (QED) is 0.541. The Hall–Kier alpha value is -2.34. The van der Waals surface area contributed by atoms with Crippen molar-refractivity contribution in [2.75, 3.05) is 0 Å². The Morgan fingerprint density at radius 1 is 0.476 bits per heavy atom. The highest BCUT2D eigenvalue weighted by molar-refractivity contribution is 5.78. The molecule has 104 valence electrons. The van der Waals surface area contributed by atoms with E-state index in [2.05, 4.69) is 87.5 Å². The Morgan fingerprint density at radius 2 is 0.857 bits per heavy atom. The van der Waals surface area contributed by atoms with Crippen LogP contribution in [0, 0.1) is 20.8 Å². The summed E-state index contributed by atoms with van der Waals surface area (Å²) in [7, 11) is 0. The zero-order valence-corrected chi connectivity index (χ0v) is 12.9. The normalized spacial score (nSPS) is 10.6. The largest absolute Gasteiger partial charge is 0.0610 e. The molecule has 0 aliphatic carbocycles. The first-order chi connectivity index (χ1) is 10.1. The molecule has 0 heteroatoms. The van der Waals surface area contributed by atoms with Gasteiger partial charge in [0.05, 0.1) is 0 Å². The maximum atomic E-state index is 2.21. The Morgan fingerprint density at radius 3 is 1.24 bits per heavy atom. The molecular weight excluding hydrogens is 252 g/mol. The van der Waals surface area contributed by atoms with Crippen molar-refractivity contribution in [1.29, 1.82) is 0 Å². The van der Waals surface area contributed by atoms with Crippen molar-refractivity contribution >= 4 is 0 Å². The first-order valence-corrected chi connectivity index (χ1v) is 7.39. The minimum Gasteiger partial charge on any atom is -0.0610 e. The maximum Gasteiger partial charge on any atom is -0.0149 e. The second-order valence-corrected chi connectivity index (χ2v) is 5.71. The molecule has 0 spiro atoms. The molecule has 0 fully saturated rings. The number of hydrogen-bond acceptors (Lipinski definition) is 0. The second-order valence-electron chi connectivity index (χ2n) is 5.71. The molecule has 3 rings (SSSR count). The number of hydrogen-bond donors (Lipinski definition) is 0. The van der Waals surface area contributed by atoms with Crippen LogP contribution in [0.5, 0.6) is 0 Å². The van der Waals surface area contributed by atoms with E-state index >= 15 is 0 Å². The van der Waals surface area contributed by atoms with Gasteiger partial charge < -0.3 is 0 Å². The smallest absolute Gasteiger partial charge is 0.0149 e. The molecule has 3 aromatic rings. The summed E-state index contributed by atoms with van der Waals surface area (Å²) in [6.45, 7) is 6.46. The van der Waals surface area contributed by atoms with Crippen LogP contribution >= 0.6 is 0 Å². The molecule has 3 aromatic carbocycles. The second kappa shape index (κ2) is 5.57. The molecule has 0 bridgehead atoms. The number of benzene rings is 3. The standard InChI is InChI=1S/C21H20/c1-15-7-11-18(12-8-15)20-5-4-6-21(17(20)3)19-13-9-16(2)10-14-19/h4-14H,1-3H3. The molecule has 0 saturated carbocycles. The lowest BCUT2D eigenvalue weighted by Crippen LogP contribution is -1.88. The third kappa shape index (κ3) is 2.75. The van der Waals surface area contributed by atoms with Gasteiger partial charge in [-0.3, -0.25) is 0 Å². The molecule has 0 saturated heterocycles. The Kier molecular flexibility index (Phi) is 3.62. The van der Waals surface area contributed by atoms with Crippen LogP contribution in [0.15, 0.2) is 66.7 Å². The predicted octanol–water partition coefficient (Wildman–Crippen LogP) is 5.95. The lowest BCUT2D eigenvalue weighted by Gasteiger charge is -2.12. The molecule has 0 aromatic heterocycles. The summed E-state index contributed by atoms with van der Waals surface area (Å²) in [5.74, 6) is 0. The van der Waals surface area contributed by atoms with Gasteiger partial charge in [0.1, 0.15) is 0 Å². The van der Waals surface area contributed by atoms with Gasteiger partial charge in [-0.25, -0.2) is 0 Å². The van der Waals surface area contributed by atoms with Gasteiger partial charge in [0.2, 0.25) is 0 Å². The Balaban J connectivity index is 2.10. The molecule has 0 unspecified atom stereocenters. The van der Waals surface area contributed by atoms with Crippen molar-refractivity contribution in [1.82, 2.24) is 0 Å². The maximum absolute atomic E-state index is 2.21. The summed E-state index contributed by atoms with van der Waals surface area (Å²) in [5.41, 5.74) is 9.13. The van der Waals surface area contributed by atoms with Crippen LogP contribution < -0.4 is 0 Å². The van der Waals surface area contributed by atoms with E-state index < -0.39 is 0 Å². The van der Waals surface area contributed by atoms with Crippen molar-refractivity contribution in [3.63, 3.8) is 0 Å². The fourth-order valence-electron chi connectivity index (χ4n) is 2.73. The highest BCUT2D eigenvalue weighted by Gasteiger charge is 2.07. The molecule has 0 N–H and O–H groups in total. The van der Waals surface area contributed by atoms with E-state index in [1.54, 1.807) is 0 Å². The fourth-order valence-corrected chi connectivity index (χ4v) is 2.73. The van der Waals surface area contributed by atoms with Crippen LogP contribution in [0.1, 0.15) is 16.7 Å². The molecule has 21 heavy (non-hydrogen) atoms. The first-order valence-electron chi connectivity index (χ1n) is 7.39. The van der Waals surface area contributed by atoms with Gasteiger partial charge in [-0.2, -0.15) is 0 Å². The molecule has 0 aliphatic heterocycles. The summed E-state index contributed by atoms with van der Waals surface area (Å²) in [4.78, 5) is 0. The molecule has 0 amide bonds. The summed E-state index contributed by atoms with van der Waals surface area (Å²) in [5, 5.41) is 0. The van der Waals surface area contributed by atoms with Crippen molar-refractivity contribution in [3.05, 3.63) is 83.4 Å². The molecule has 0 atom stereocenters. The summed E-state index contributed by atoms with van der Waals surface area (Å²) in [6.07, 6.45) is 0. The van der Waals surface area contributed by atoms with E-state index in [-0.39, 0.29) is 0 Å². The highest BCUT2D eigenvalue weighted by atomic mass is 14.1. The minimum absolute atomic E-state index is 1.28. The third-order valence-electron chi connectivity index (χ3n) is 4.06. The van der Waals surface area contributed by atoms with Crippen LogP contribution in [0.25, 0.3) is 22.3 Å². The fraction of sp³-hybridized carbons (Fsp3) is 0.143. The summed E-state index contributed by atoms with van der Waals surface area (Å²) < 4.78 is 0. The minimum atomic E-state index is 1.28.